The predicted octanol–water partition coefficient (Wildman–Crippen LogP) is 3.94. The van der Waals surface area contributed by atoms with Crippen molar-refractivity contribution >= 4 is 47.4 Å². The lowest BCUT2D eigenvalue weighted by atomic mass is 10.4. The first kappa shape index (κ1) is 8.54. The van der Waals surface area contributed by atoms with Crippen LogP contribution in [0.1, 0.15) is 0 Å². The smallest absolute Gasteiger partial charge is 0.0779 e. The SMILES string of the molecule is Sc1cc(Cl)c(Cl)c(Cl)c1. The highest BCUT2D eigenvalue weighted by molar-refractivity contribution is 7.80. The summed E-state index contributed by atoms with van der Waals surface area (Å²) in [5.74, 6) is 0. The quantitative estimate of drug-likeness (QED) is 0.490. The van der Waals surface area contributed by atoms with Crippen molar-refractivity contribution in [3.05, 3.63) is 27.2 Å². The summed E-state index contributed by atoms with van der Waals surface area (Å²) < 4.78 is 0. The van der Waals surface area contributed by atoms with Gasteiger partial charge in [-0.15, -0.1) is 12.6 Å². The molecule has 0 atom stereocenters. The van der Waals surface area contributed by atoms with Crippen LogP contribution in [0.15, 0.2) is 17.0 Å². The van der Waals surface area contributed by atoms with E-state index < -0.39 is 0 Å². The van der Waals surface area contributed by atoms with Crippen molar-refractivity contribution in [1.82, 2.24) is 0 Å². The van der Waals surface area contributed by atoms with Crippen molar-refractivity contribution in [3.63, 3.8) is 0 Å². The third-order valence-corrected chi connectivity index (χ3v) is 2.42. The van der Waals surface area contributed by atoms with Crippen molar-refractivity contribution in [1.29, 1.82) is 0 Å². The second kappa shape index (κ2) is 3.22. The number of benzene rings is 1. The van der Waals surface area contributed by atoms with Crippen molar-refractivity contribution in [2.45, 2.75) is 4.90 Å². The molecule has 0 saturated carbocycles. The molecular weight excluding hydrogens is 210 g/mol. The Balaban J connectivity index is 3.31. The fraction of sp³-hybridized carbons (Fsp3) is 0. The van der Waals surface area contributed by atoms with Crippen LogP contribution in [0.3, 0.4) is 0 Å². The fourth-order valence-electron chi connectivity index (χ4n) is 0.542. The topological polar surface area (TPSA) is 0 Å². The van der Waals surface area contributed by atoms with Gasteiger partial charge < -0.3 is 0 Å². The average molecular weight is 214 g/mol. The number of hydrogen-bond donors (Lipinski definition) is 1. The zero-order chi connectivity index (χ0) is 7.72. The summed E-state index contributed by atoms with van der Waals surface area (Å²) in [6.45, 7) is 0. The molecule has 0 amide bonds. The van der Waals surface area contributed by atoms with E-state index in [0.717, 1.165) is 0 Å². The number of hydrogen-bond acceptors (Lipinski definition) is 1. The standard InChI is InChI=1S/C6H3Cl3S/c7-4-1-3(10)2-5(8)6(4)9/h1-2,10H. The molecule has 0 aliphatic rings. The summed E-state index contributed by atoms with van der Waals surface area (Å²) in [4.78, 5) is 0.708. The van der Waals surface area contributed by atoms with Crippen LogP contribution in [0.5, 0.6) is 0 Å². The lowest BCUT2D eigenvalue weighted by molar-refractivity contribution is 1.48. The predicted molar refractivity (Wildman–Crippen MR) is 48.7 cm³/mol. The highest BCUT2D eigenvalue weighted by atomic mass is 35.5. The van der Waals surface area contributed by atoms with Crippen LogP contribution < -0.4 is 0 Å². The first-order valence-electron chi connectivity index (χ1n) is 2.45. The molecule has 0 aromatic heterocycles. The van der Waals surface area contributed by atoms with Crippen LogP contribution in [0.2, 0.25) is 15.1 Å². The maximum absolute atomic E-state index is 5.65. The molecule has 1 aromatic rings. The summed E-state index contributed by atoms with van der Waals surface area (Å²) in [5.41, 5.74) is 0. The molecule has 0 saturated heterocycles. The Bertz CT molecular complexity index is 236. The molecule has 54 valence electrons. The van der Waals surface area contributed by atoms with Gasteiger partial charge in [0.25, 0.3) is 0 Å². The van der Waals surface area contributed by atoms with Gasteiger partial charge >= 0.3 is 0 Å². The summed E-state index contributed by atoms with van der Waals surface area (Å²) >= 11 is 21.0. The molecular formula is C6H3Cl3S. The highest BCUT2D eigenvalue weighted by Crippen LogP contribution is 2.31. The van der Waals surface area contributed by atoms with Crippen molar-refractivity contribution in [3.8, 4) is 0 Å². The molecule has 1 aromatic carbocycles. The molecule has 0 fully saturated rings. The van der Waals surface area contributed by atoms with Crippen LogP contribution >= 0.6 is 47.4 Å². The van der Waals surface area contributed by atoms with Gasteiger partial charge in [-0.05, 0) is 12.1 Å². The van der Waals surface area contributed by atoms with E-state index in [1.165, 1.54) is 0 Å². The van der Waals surface area contributed by atoms with Gasteiger partial charge in [0.05, 0.1) is 15.1 Å². The van der Waals surface area contributed by atoms with Crippen molar-refractivity contribution < 1.29 is 0 Å². The summed E-state index contributed by atoms with van der Waals surface area (Å²) in [7, 11) is 0. The summed E-state index contributed by atoms with van der Waals surface area (Å²) in [6, 6.07) is 3.28. The summed E-state index contributed by atoms with van der Waals surface area (Å²) in [5, 5.41) is 1.24. The van der Waals surface area contributed by atoms with Crippen LogP contribution in [0.25, 0.3) is 0 Å². The van der Waals surface area contributed by atoms with E-state index in [1.807, 2.05) is 0 Å². The zero-order valence-corrected chi connectivity index (χ0v) is 7.90. The molecule has 1 rings (SSSR count). The van der Waals surface area contributed by atoms with Crippen molar-refractivity contribution in [2.24, 2.45) is 0 Å². The van der Waals surface area contributed by atoms with Gasteiger partial charge in [-0.25, -0.2) is 0 Å². The lowest BCUT2D eigenvalue weighted by Gasteiger charge is -1.98. The maximum atomic E-state index is 5.65. The van der Waals surface area contributed by atoms with E-state index in [4.69, 9.17) is 34.8 Å². The van der Waals surface area contributed by atoms with E-state index in [0.29, 0.717) is 20.0 Å². The third-order valence-electron chi connectivity index (χ3n) is 0.969. The van der Waals surface area contributed by atoms with Crippen LogP contribution in [0, 0.1) is 0 Å². The summed E-state index contributed by atoms with van der Waals surface area (Å²) in [6.07, 6.45) is 0. The highest BCUT2D eigenvalue weighted by Gasteiger charge is 2.02. The van der Waals surface area contributed by atoms with Gasteiger partial charge in [0.1, 0.15) is 0 Å². The Morgan fingerprint density at radius 2 is 1.40 bits per heavy atom. The van der Waals surface area contributed by atoms with Crippen molar-refractivity contribution in [2.75, 3.05) is 0 Å². The maximum Gasteiger partial charge on any atom is 0.0779 e. The molecule has 10 heavy (non-hydrogen) atoms. The molecule has 0 nitrogen and oxygen atoms in total. The Labute approximate surface area is 79.5 Å². The normalized spacial score (nSPS) is 10.0. The Hall–Kier alpha value is 0.440. The Morgan fingerprint density at radius 3 is 1.80 bits per heavy atom. The molecule has 0 bridgehead atoms. The van der Waals surface area contributed by atoms with E-state index >= 15 is 0 Å². The first-order chi connectivity index (χ1) is 4.61. The monoisotopic (exact) mass is 212 g/mol. The largest absolute Gasteiger partial charge is 0.143 e. The molecule has 0 unspecified atom stereocenters. The van der Waals surface area contributed by atoms with Gasteiger partial charge in [0, 0.05) is 4.90 Å². The van der Waals surface area contributed by atoms with Crippen LogP contribution in [0.4, 0.5) is 0 Å². The van der Waals surface area contributed by atoms with E-state index in [-0.39, 0.29) is 0 Å². The molecule has 0 aliphatic heterocycles. The van der Waals surface area contributed by atoms with E-state index in [9.17, 15) is 0 Å². The molecule has 0 heterocycles. The molecule has 0 N–H and O–H groups in total. The van der Waals surface area contributed by atoms with Gasteiger partial charge in [-0.1, -0.05) is 34.8 Å². The average Bonchev–Trinajstić information content (AvgIpc) is 1.82. The fourth-order valence-corrected chi connectivity index (χ4v) is 1.55. The number of halogens is 3. The minimum absolute atomic E-state index is 0.376. The van der Waals surface area contributed by atoms with E-state index in [1.54, 1.807) is 12.1 Å². The number of thiol groups is 1. The first-order valence-corrected chi connectivity index (χ1v) is 4.03. The molecule has 0 radical (unpaired) electrons. The Morgan fingerprint density at radius 1 is 1.00 bits per heavy atom. The second-order valence-corrected chi connectivity index (χ2v) is 3.43. The van der Waals surface area contributed by atoms with Crippen LogP contribution in [-0.4, -0.2) is 0 Å². The zero-order valence-electron chi connectivity index (χ0n) is 4.74. The molecule has 0 aliphatic carbocycles. The minimum Gasteiger partial charge on any atom is -0.143 e. The van der Waals surface area contributed by atoms with Gasteiger partial charge in [-0.3, -0.25) is 0 Å². The van der Waals surface area contributed by atoms with Gasteiger partial charge in [-0.2, -0.15) is 0 Å². The minimum atomic E-state index is 0.376. The molecule has 4 heteroatoms. The van der Waals surface area contributed by atoms with E-state index in [2.05, 4.69) is 12.6 Å². The lowest BCUT2D eigenvalue weighted by Crippen LogP contribution is -1.72. The number of rotatable bonds is 0. The van der Waals surface area contributed by atoms with Crippen LogP contribution in [-0.2, 0) is 0 Å². The second-order valence-electron chi connectivity index (χ2n) is 1.72. The van der Waals surface area contributed by atoms with Gasteiger partial charge in [0.15, 0.2) is 0 Å². The third kappa shape index (κ3) is 1.73. The van der Waals surface area contributed by atoms with Gasteiger partial charge in [0.2, 0.25) is 0 Å². The Kier molecular flexibility index (Phi) is 2.75. The molecule has 0 spiro atoms.